The monoisotopic (exact) mass is 248 g/mol. The predicted octanol–water partition coefficient (Wildman–Crippen LogP) is 0.681. The summed E-state index contributed by atoms with van der Waals surface area (Å²) in [5.41, 5.74) is 5.73. The third-order valence-electron chi connectivity index (χ3n) is 3.27. The maximum absolute atomic E-state index is 5.88. The van der Waals surface area contributed by atoms with Crippen molar-refractivity contribution in [3.05, 3.63) is 0 Å². The van der Waals surface area contributed by atoms with Gasteiger partial charge in [0.1, 0.15) is 0 Å². The molecule has 5 heteroatoms. The minimum atomic E-state index is -0.224. The van der Waals surface area contributed by atoms with E-state index in [1.54, 1.807) is 14.2 Å². The third-order valence-corrected chi connectivity index (χ3v) is 3.27. The van der Waals surface area contributed by atoms with Gasteiger partial charge in [0.25, 0.3) is 0 Å². The fraction of sp³-hybridized carbons (Fsp3) is 1.00. The van der Waals surface area contributed by atoms with Gasteiger partial charge in [-0.15, -0.1) is 0 Å². The lowest BCUT2D eigenvalue weighted by Gasteiger charge is -2.39. The number of methoxy groups -OCH3 is 2. The SMILES string of the molecule is CCOCCN(C)C(C)(CN)CC(OC)OC. The van der Waals surface area contributed by atoms with Crippen molar-refractivity contribution in [2.75, 3.05) is 47.6 Å². The number of likely N-dealkylation sites (N-methyl/N-ethyl adjacent to an activating group) is 1. The molecule has 0 heterocycles. The second kappa shape index (κ2) is 8.83. The minimum absolute atomic E-state index is 0.145. The molecule has 0 aliphatic carbocycles. The van der Waals surface area contributed by atoms with Gasteiger partial charge in [-0.2, -0.15) is 0 Å². The molecule has 0 aromatic heterocycles. The molecular formula is C12H28N2O3. The van der Waals surface area contributed by atoms with Gasteiger partial charge in [0.15, 0.2) is 6.29 Å². The fourth-order valence-electron chi connectivity index (χ4n) is 1.63. The Kier molecular flexibility index (Phi) is 8.72. The summed E-state index contributed by atoms with van der Waals surface area (Å²) in [5, 5.41) is 0. The molecule has 104 valence electrons. The van der Waals surface area contributed by atoms with Crippen LogP contribution in [0.25, 0.3) is 0 Å². The highest BCUT2D eigenvalue weighted by Crippen LogP contribution is 2.20. The van der Waals surface area contributed by atoms with Crippen LogP contribution in [0.15, 0.2) is 0 Å². The highest BCUT2D eigenvalue weighted by Gasteiger charge is 2.31. The Hall–Kier alpha value is -0.200. The molecule has 0 rings (SSSR count). The van der Waals surface area contributed by atoms with Gasteiger partial charge in [0.2, 0.25) is 0 Å². The Bertz CT molecular complexity index is 189. The number of nitrogens with zero attached hydrogens (tertiary/aromatic N) is 1. The van der Waals surface area contributed by atoms with Crippen LogP contribution in [-0.4, -0.2) is 64.3 Å². The normalized spacial score (nSPS) is 15.5. The second-order valence-corrected chi connectivity index (χ2v) is 4.42. The zero-order valence-electron chi connectivity index (χ0n) is 11.9. The molecule has 0 amide bonds. The van der Waals surface area contributed by atoms with E-state index in [9.17, 15) is 0 Å². The first kappa shape index (κ1) is 16.8. The summed E-state index contributed by atoms with van der Waals surface area (Å²) >= 11 is 0. The Morgan fingerprint density at radius 2 is 1.88 bits per heavy atom. The number of hydrogen-bond donors (Lipinski definition) is 1. The van der Waals surface area contributed by atoms with Crippen molar-refractivity contribution in [1.82, 2.24) is 4.90 Å². The predicted molar refractivity (Wildman–Crippen MR) is 69.0 cm³/mol. The van der Waals surface area contributed by atoms with Crippen LogP contribution in [0.1, 0.15) is 20.3 Å². The lowest BCUT2D eigenvalue weighted by Crippen LogP contribution is -2.53. The summed E-state index contributed by atoms with van der Waals surface area (Å²) in [6.07, 6.45) is 0.511. The molecule has 0 saturated heterocycles. The molecule has 0 spiro atoms. The van der Waals surface area contributed by atoms with Crippen molar-refractivity contribution < 1.29 is 14.2 Å². The molecular weight excluding hydrogens is 220 g/mol. The molecule has 0 aromatic rings. The van der Waals surface area contributed by atoms with Crippen LogP contribution in [0.4, 0.5) is 0 Å². The first-order valence-electron chi connectivity index (χ1n) is 6.08. The summed E-state index contributed by atoms with van der Waals surface area (Å²) in [4.78, 5) is 2.20. The zero-order valence-corrected chi connectivity index (χ0v) is 11.9. The van der Waals surface area contributed by atoms with Crippen LogP contribution in [0.2, 0.25) is 0 Å². The van der Waals surface area contributed by atoms with Crippen LogP contribution in [0.3, 0.4) is 0 Å². The van der Waals surface area contributed by atoms with Gasteiger partial charge in [-0.05, 0) is 20.9 Å². The van der Waals surface area contributed by atoms with E-state index in [4.69, 9.17) is 19.9 Å². The highest BCUT2D eigenvalue weighted by atomic mass is 16.7. The first-order valence-corrected chi connectivity index (χ1v) is 6.08. The number of hydrogen-bond acceptors (Lipinski definition) is 5. The number of rotatable bonds is 10. The van der Waals surface area contributed by atoms with Crippen LogP contribution >= 0.6 is 0 Å². The average Bonchev–Trinajstić information content (AvgIpc) is 2.35. The van der Waals surface area contributed by atoms with Crippen molar-refractivity contribution in [1.29, 1.82) is 0 Å². The van der Waals surface area contributed by atoms with Gasteiger partial charge in [0.05, 0.1) is 6.61 Å². The zero-order chi connectivity index (χ0) is 13.3. The molecule has 0 aliphatic rings. The van der Waals surface area contributed by atoms with Crippen molar-refractivity contribution in [3.63, 3.8) is 0 Å². The van der Waals surface area contributed by atoms with Gasteiger partial charge >= 0.3 is 0 Å². The molecule has 0 fully saturated rings. The van der Waals surface area contributed by atoms with Gasteiger partial charge in [-0.3, -0.25) is 4.90 Å². The Morgan fingerprint density at radius 1 is 1.29 bits per heavy atom. The van der Waals surface area contributed by atoms with Gasteiger partial charge in [-0.1, -0.05) is 0 Å². The maximum Gasteiger partial charge on any atom is 0.158 e. The maximum atomic E-state index is 5.88. The van der Waals surface area contributed by atoms with E-state index in [2.05, 4.69) is 11.8 Å². The Labute approximate surface area is 105 Å². The highest BCUT2D eigenvalue weighted by molar-refractivity contribution is 4.86. The Balaban J connectivity index is 4.31. The van der Waals surface area contributed by atoms with E-state index in [1.165, 1.54) is 0 Å². The van der Waals surface area contributed by atoms with Gasteiger partial charge in [-0.25, -0.2) is 0 Å². The minimum Gasteiger partial charge on any atom is -0.380 e. The van der Waals surface area contributed by atoms with Crippen molar-refractivity contribution in [3.8, 4) is 0 Å². The van der Waals surface area contributed by atoms with E-state index in [0.29, 0.717) is 13.2 Å². The summed E-state index contributed by atoms with van der Waals surface area (Å²) in [6, 6.07) is 0. The second-order valence-electron chi connectivity index (χ2n) is 4.42. The molecule has 0 radical (unpaired) electrons. The Morgan fingerprint density at radius 3 is 2.29 bits per heavy atom. The standard InChI is InChI=1S/C12H28N2O3/c1-6-17-8-7-14(3)12(2,10-13)9-11(15-4)16-5/h11H,6-10,13H2,1-5H3. The smallest absolute Gasteiger partial charge is 0.158 e. The quantitative estimate of drug-likeness (QED) is 0.455. The summed E-state index contributed by atoms with van der Waals surface area (Å²) in [6.45, 7) is 6.97. The van der Waals surface area contributed by atoms with Crippen LogP contribution in [0.5, 0.6) is 0 Å². The summed E-state index contributed by atoms with van der Waals surface area (Å²) in [5.74, 6) is 0. The largest absolute Gasteiger partial charge is 0.380 e. The summed E-state index contributed by atoms with van der Waals surface area (Å²) < 4.78 is 15.8. The number of ether oxygens (including phenoxy) is 3. The van der Waals surface area contributed by atoms with E-state index < -0.39 is 0 Å². The van der Waals surface area contributed by atoms with Gasteiger partial charge < -0.3 is 19.9 Å². The van der Waals surface area contributed by atoms with Crippen LogP contribution in [-0.2, 0) is 14.2 Å². The third kappa shape index (κ3) is 5.79. The molecule has 0 aliphatic heterocycles. The molecule has 1 atom stereocenters. The van der Waals surface area contributed by atoms with Crippen molar-refractivity contribution >= 4 is 0 Å². The number of nitrogens with two attached hydrogens (primary N) is 1. The lowest BCUT2D eigenvalue weighted by atomic mass is 9.95. The summed E-state index contributed by atoms with van der Waals surface area (Å²) in [7, 11) is 5.34. The van der Waals surface area contributed by atoms with Crippen LogP contribution < -0.4 is 5.73 Å². The first-order chi connectivity index (χ1) is 8.03. The topological polar surface area (TPSA) is 57.0 Å². The molecule has 2 N–H and O–H groups in total. The molecule has 1 unspecified atom stereocenters. The van der Waals surface area contributed by atoms with E-state index >= 15 is 0 Å². The lowest BCUT2D eigenvalue weighted by molar-refractivity contribution is -0.127. The molecule has 0 bridgehead atoms. The average molecular weight is 248 g/mol. The van der Waals surface area contributed by atoms with Gasteiger partial charge in [0, 0.05) is 45.9 Å². The molecule has 0 saturated carbocycles. The van der Waals surface area contributed by atoms with Crippen LogP contribution in [0, 0.1) is 0 Å². The van der Waals surface area contributed by atoms with E-state index in [1.807, 2.05) is 14.0 Å². The molecule has 17 heavy (non-hydrogen) atoms. The van der Waals surface area contributed by atoms with E-state index in [-0.39, 0.29) is 11.8 Å². The molecule has 0 aromatic carbocycles. The van der Waals surface area contributed by atoms with Crippen molar-refractivity contribution in [2.45, 2.75) is 32.1 Å². The van der Waals surface area contributed by atoms with E-state index in [0.717, 1.165) is 19.6 Å². The fourth-order valence-corrected chi connectivity index (χ4v) is 1.63. The van der Waals surface area contributed by atoms with Crippen molar-refractivity contribution in [2.24, 2.45) is 5.73 Å². The molecule has 5 nitrogen and oxygen atoms in total.